The molecule has 0 saturated heterocycles. The number of methoxy groups -OCH3 is 1. The molecule has 0 rings (SSSR count). The van der Waals surface area contributed by atoms with Gasteiger partial charge in [0, 0.05) is 19.7 Å². The Morgan fingerprint density at radius 2 is 1.71 bits per heavy atom. The molecule has 5 heteroatoms. The molecule has 0 radical (unpaired) electrons. The molecule has 0 heterocycles. The van der Waals surface area contributed by atoms with Crippen molar-refractivity contribution in [2.45, 2.75) is 53.5 Å². The first kappa shape index (κ1) is 20.1. The van der Waals surface area contributed by atoms with Gasteiger partial charge in [0.1, 0.15) is 5.41 Å². The maximum absolute atomic E-state index is 12.5. The van der Waals surface area contributed by atoms with E-state index in [2.05, 4.69) is 18.7 Å². The van der Waals surface area contributed by atoms with Crippen LogP contribution in [0.1, 0.15) is 47.5 Å². The molecule has 0 spiro atoms. The highest BCUT2D eigenvalue weighted by molar-refractivity contribution is 6.03. The Bertz CT molecular complexity index is 324. The minimum Gasteiger partial charge on any atom is -0.465 e. The van der Waals surface area contributed by atoms with Gasteiger partial charge in [-0.3, -0.25) is 14.5 Å². The number of Topliss-reactive ketones (excluding diaryl/α,β-unsaturated/α-hetero) is 1. The molecule has 0 bridgehead atoms. The van der Waals surface area contributed by atoms with Crippen molar-refractivity contribution in [2.75, 3.05) is 33.4 Å². The average Bonchev–Trinajstić information content (AvgIpc) is 2.45. The Balaban J connectivity index is 4.89. The molecule has 0 aliphatic carbocycles. The van der Waals surface area contributed by atoms with Gasteiger partial charge in [-0.1, -0.05) is 13.8 Å². The number of carbonyl (C=O) groups excluding carboxylic acids is 2. The molecule has 124 valence electrons. The number of esters is 1. The Morgan fingerprint density at radius 1 is 1.14 bits per heavy atom. The summed E-state index contributed by atoms with van der Waals surface area (Å²) in [6.45, 7) is 11.0. The first-order chi connectivity index (χ1) is 9.84. The molecule has 0 aromatic heterocycles. The van der Waals surface area contributed by atoms with Crippen molar-refractivity contribution < 1.29 is 19.1 Å². The smallest absolute Gasteiger partial charge is 0.319 e. The SMILES string of the molecule is CCOC(=O)C(C)(C)C(=O)CN(CCOC)C(CC)CC. The van der Waals surface area contributed by atoms with Crippen molar-refractivity contribution in [3.05, 3.63) is 0 Å². The van der Waals surface area contributed by atoms with Crippen LogP contribution in [0.4, 0.5) is 0 Å². The molecule has 0 aromatic carbocycles. The summed E-state index contributed by atoms with van der Waals surface area (Å²) in [4.78, 5) is 26.5. The van der Waals surface area contributed by atoms with E-state index in [1.165, 1.54) is 0 Å². The number of ether oxygens (including phenoxy) is 2. The van der Waals surface area contributed by atoms with Crippen molar-refractivity contribution in [3.8, 4) is 0 Å². The zero-order valence-electron chi connectivity index (χ0n) is 14.4. The van der Waals surface area contributed by atoms with Gasteiger partial charge >= 0.3 is 5.97 Å². The van der Waals surface area contributed by atoms with Crippen molar-refractivity contribution in [1.29, 1.82) is 0 Å². The summed E-state index contributed by atoms with van der Waals surface area (Å²) in [5.41, 5.74) is -1.10. The molecule has 0 aliphatic rings. The summed E-state index contributed by atoms with van der Waals surface area (Å²) in [7, 11) is 1.65. The van der Waals surface area contributed by atoms with Crippen LogP contribution in [-0.4, -0.2) is 56.1 Å². The van der Waals surface area contributed by atoms with E-state index >= 15 is 0 Å². The molecule has 0 saturated carbocycles. The van der Waals surface area contributed by atoms with E-state index in [0.29, 0.717) is 19.2 Å². The van der Waals surface area contributed by atoms with Crippen molar-refractivity contribution in [3.63, 3.8) is 0 Å². The first-order valence-corrected chi connectivity index (χ1v) is 7.78. The van der Waals surface area contributed by atoms with Gasteiger partial charge in [-0.15, -0.1) is 0 Å². The zero-order chi connectivity index (χ0) is 16.5. The molecule has 0 atom stereocenters. The van der Waals surface area contributed by atoms with Crippen molar-refractivity contribution in [2.24, 2.45) is 5.41 Å². The predicted molar refractivity (Wildman–Crippen MR) is 83.2 cm³/mol. The number of rotatable bonds is 11. The van der Waals surface area contributed by atoms with Crippen LogP contribution in [0.15, 0.2) is 0 Å². The third-order valence-corrected chi connectivity index (χ3v) is 3.87. The molecule has 0 N–H and O–H groups in total. The fourth-order valence-electron chi connectivity index (χ4n) is 2.21. The van der Waals surface area contributed by atoms with Gasteiger partial charge in [-0.05, 0) is 33.6 Å². The number of carbonyl (C=O) groups is 2. The first-order valence-electron chi connectivity index (χ1n) is 7.78. The van der Waals surface area contributed by atoms with E-state index in [0.717, 1.165) is 12.8 Å². The Kier molecular flexibility index (Phi) is 9.46. The number of hydrogen-bond acceptors (Lipinski definition) is 5. The molecule has 5 nitrogen and oxygen atoms in total. The molecular formula is C16H31NO4. The minimum absolute atomic E-state index is 0.107. The molecule has 21 heavy (non-hydrogen) atoms. The summed E-state index contributed by atoms with van der Waals surface area (Å²) in [6, 6.07) is 0.321. The molecule has 0 amide bonds. The normalized spacial score (nSPS) is 12.0. The second kappa shape index (κ2) is 9.90. The summed E-state index contributed by atoms with van der Waals surface area (Å²) in [6.07, 6.45) is 1.93. The third kappa shape index (κ3) is 6.14. The van der Waals surface area contributed by atoms with Crippen LogP contribution in [0.2, 0.25) is 0 Å². The second-order valence-corrected chi connectivity index (χ2v) is 5.70. The highest BCUT2D eigenvalue weighted by Gasteiger charge is 2.38. The zero-order valence-corrected chi connectivity index (χ0v) is 14.4. The lowest BCUT2D eigenvalue weighted by Crippen LogP contribution is -2.46. The monoisotopic (exact) mass is 301 g/mol. The van der Waals surface area contributed by atoms with Crippen LogP contribution in [0.25, 0.3) is 0 Å². The van der Waals surface area contributed by atoms with Crippen molar-refractivity contribution >= 4 is 11.8 Å². The van der Waals surface area contributed by atoms with Gasteiger partial charge in [-0.2, -0.15) is 0 Å². The maximum Gasteiger partial charge on any atom is 0.319 e. The van der Waals surface area contributed by atoms with Crippen molar-refractivity contribution in [1.82, 2.24) is 4.90 Å². The summed E-state index contributed by atoms with van der Waals surface area (Å²) in [5.74, 6) is -0.560. The Morgan fingerprint density at radius 3 is 2.14 bits per heavy atom. The van der Waals surface area contributed by atoms with Crippen LogP contribution in [0, 0.1) is 5.41 Å². The van der Waals surface area contributed by atoms with E-state index in [9.17, 15) is 9.59 Å². The fraction of sp³-hybridized carbons (Fsp3) is 0.875. The molecule has 0 aliphatic heterocycles. The number of hydrogen-bond donors (Lipinski definition) is 0. The standard InChI is InChI=1S/C16H31NO4/c1-7-13(8-2)17(10-11-20-6)12-14(18)16(4,5)15(19)21-9-3/h13H,7-12H2,1-6H3. The van der Waals surface area contributed by atoms with E-state index in [-0.39, 0.29) is 18.9 Å². The van der Waals surface area contributed by atoms with E-state index in [1.54, 1.807) is 27.9 Å². The van der Waals surface area contributed by atoms with Gasteiger partial charge in [-0.25, -0.2) is 0 Å². The molecule has 0 unspecified atom stereocenters. The lowest BCUT2D eigenvalue weighted by Gasteiger charge is -2.32. The summed E-state index contributed by atoms with van der Waals surface area (Å²) >= 11 is 0. The fourth-order valence-corrected chi connectivity index (χ4v) is 2.21. The van der Waals surface area contributed by atoms with E-state index in [1.807, 2.05) is 0 Å². The topological polar surface area (TPSA) is 55.8 Å². The highest BCUT2D eigenvalue weighted by atomic mass is 16.5. The van der Waals surface area contributed by atoms with Gasteiger partial charge in [0.25, 0.3) is 0 Å². The van der Waals surface area contributed by atoms with Crippen LogP contribution in [0.3, 0.4) is 0 Å². The molecular weight excluding hydrogens is 270 g/mol. The predicted octanol–water partition coefficient (Wildman–Crippen LogP) is 2.28. The van der Waals surface area contributed by atoms with Gasteiger partial charge in [0.15, 0.2) is 5.78 Å². The Hall–Kier alpha value is -0.940. The van der Waals surface area contributed by atoms with Crippen LogP contribution < -0.4 is 0 Å². The van der Waals surface area contributed by atoms with Gasteiger partial charge in [0.2, 0.25) is 0 Å². The van der Waals surface area contributed by atoms with E-state index < -0.39 is 11.4 Å². The van der Waals surface area contributed by atoms with Gasteiger partial charge in [0.05, 0.1) is 19.8 Å². The lowest BCUT2D eigenvalue weighted by molar-refractivity contribution is -0.158. The largest absolute Gasteiger partial charge is 0.465 e. The lowest BCUT2D eigenvalue weighted by atomic mass is 9.87. The number of ketones is 1. The van der Waals surface area contributed by atoms with Gasteiger partial charge < -0.3 is 9.47 Å². The maximum atomic E-state index is 12.5. The summed E-state index contributed by atoms with van der Waals surface area (Å²) in [5, 5.41) is 0. The van der Waals surface area contributed by atoms with Crippen LogP contribution in [-0.2, 0) is 19.1 Å². The highest BCUT2D eigenvalue weighted by Crippen LogP contribution is 2.21. The number of nitrogens with zero attached hydrogens (tertiary/aromatic N) is 1. The average molecular weight is 301 g/mol. The summed E-state index contributed by atoms with van der Waals surface area (Å²) < 4.78 is 10.1. The second-order valence-electron chi connectivity index (χ2n) is 5.70. The Labute approximate surface area is 129 Å². The van der Waals surface area contributed by atoms with Crippen LogP contribution in [0.5, 0.6) is 0 Å². The minimum atomic E-state index is -1.10. The van der Waals surface area contributed by atoms with Crippen LogP contribution >= 0.6 is 0 Å². The third-order valence-electron chi connectivity index (χ3n) is 3.87. The van der Waals surface area contributed by atoms with E-state index in [4.69, 9.17) is 9.47 Å². The molecule has 0 fully saturated rings. The molecule has 0 aromatic rings. The quantitative estimate of drug-likeness (QED) is 0.433.